The molecular weight excluding hydrogens is 432 g/mol. The molecule has 0 bridgehead atoms. The molecule has 6 nitrogen and oxygen atoms in total. The summed E-state index contributed by atoms with van der Waals surface area (Å²) in [7, 11) is 0. The third-order valence-corrected chi connectivity index (χ3v) is 5.80. The van der Waals surface area contributed by atoms with E-state index in [0.717, 1.165) is 23.5 Å². The molecule has 1 amide bonds. The Morgan fingerprint density at radius 2 is 1.64 bits per heavy atom. The van der Waals surface area contributed by atoms with E-state index >= 15 is 0 Å². The lowest BCUT2D eigenvalue weighted by molar-refractivity contribution is -0.113. The predicted octanol–water partition coefficient (Wildman–Crippen LogP) is 5.38. The van der Waals surface area contributed by atoms with Gasteiger partial charge in [0.15, 0.2) is 5.16 Å². The van der Waals surface area contributed by atoms with Crippen molar-refractivity contribution in [1.29, 1.82) is 0 Å². The molecule has 0 saturated heterocycles. The summed E-state index contributed by atoms with van der Waals surface area (Å²) >= 11 is 1.36. The highest BCUT2D eigenvalue weighted by Gasteiger charge is 2.17. The lowest BCUT2D eigenvalue weighted by atomic mass is 10.1. The lowest BCUT2D eigenvalue weighted by Crippen LogP contribution is -2.15. The van der Waals surface area contributed by atoms with Crippen molar-refractivity contribution in [3.05, 3.63) is 96.3 Å². The van der Waals surface area contributed by atoms with Crippen LogP contribution in [0.25, 0.3) is 5.69 Å². The Labute approximate surface area is 198 Å². The summed E-state index contributed by atoms with van der Waals surface area (Å²) in [5.41, 5.74) is 2.79. The van der Waals surface area contributed by atoms with Gasteiger partial charge in [0.25, 0.3) is 0 Å². The second kappa shape index (κ2) is 11.3. The Morgan fingerprint density at radius 3 is 2.39 bits per heavy atom. The van der Waals surface area contributed by atoms with E-state index in [1.54, 1.807) is 0 Å². The minimum atomic E-state index is -0.125. The number of amides is 1. The zero-order chi connectivity index (χ0) is 22.9. The molecule has 1 N–H and O–H groups in total. The van der Waals surface area contributed by atoms with E-state index in [-0.39, 0.29) is 11.7 Å². The third-order valence-electron chi connectivity index (χ3n) is 4.88. The van der Waals surface area contributed by atoms with E-state index in [4.69, 9.17) is 4.74 Å². The zero-order valence-corrected chi connectivity index (χ0v) is 19.3. The smallest absolute Gasteiger partial charge is 0.234 e. The van der Waals surface area contributed by atoms with Crippen LogP contribution < -0.4 is 10.1 Å². The van der Waals surface area contributed by atoms with Crippen LogP contribution in [0.2, 0.25) is 0 Å². The van der Waals surface area contributed by atoms with E-state index in [9.17, 15) is 4.79 Å². The third kappa shape index (κ3) is 6.02. The van der Waals surface area contributed by atoms with Crippen molar-refractivity contribution >= 4 is 23.4 Å². The van der Waals surface area contributed by atoms with Crippen molar-refractivity contribution in [1.82, 2.24) is 14.8 Å². The van der Waals surface area contributed by atoms with Crippen molar-refractivity contribution in [2.24, 2.45) is 0 Å². The van der Waals surface area contributed by atoms with Crippen LogP contribution in [0, 0.1) is 0 Å². The standard InChI is InChI=1S/C26H26N4O2S/c1-2-17-32-23-16-10-9-15-22(23)27-25(31)19-33-26-29-28-24(18-20-11-5-3-6-12-20)30(26)21-13-7-4-8-14-21/h3-16H,2,17-19H2,1H3,(H,27,31). The molecule has 1 aromatic heterocycles. The Morgan fingerprint density at radius 1 is 0.939 bits per heavy atom. The van der Waals surface area contributed by atoms with Crippen LogP contribution in [0.3, 0.4) is 0 Å². The first kappa shape index (κ1) is 22.6. The maximum absolute atomic E-state index is 12.7. The molecule has 0 radical (unpaired) electrons. The fraction of sp³-hybridized carbons (Fsp3) is 0.192. The van der Waals surface area contributed by atoms with E-state index < -0.39 is 0 Å². The number of nitrogens with zero attached hydrogens (tertiary/aromatic N) is 3. The minimum Gasteiger partial charge on any atom is -0.491 e. The Balaban J connectivity index is 1.50. The number of nitrogens with one attached hydrogen (secondary N) is 1. The topological polar surface area (TPSA) is 69.0 Å². The molecule has 0 saturated carbocycles. The van der Waals surface area contributed by atoms with Crippen LogP contribution >= 0.6 is 11.8 Å². The maximum Gasteiger partial charge on any atom is 0.234 e. The molecule has 0 aliphatic heterocycles. The molecule has 33 heavy (non-hydrogen) atoms. The number of carbonyl (C=O) groups is 1. The van der Waals surface area contributed by atoms with Crippen LogP contribution in [0.5, 0.6) is 5.75 Å². The van der Waals surface area contributed by atoms with Gasteiger partial charge in [0.2, 0.25) is 5.91 Å². The molecule has 0 aliphatic rings. The molecule has 3 aromatic carbocycles. The summed E-state index contributed by atoms with van der Waals surface area (Å²) in [6.07, 6.45) is 1.55. The SMILES string of the molecule is CCCOc1ccccc1NC(=O)CSc1nnc(Cc2ccccc2)n1-c1ccccc1. The van der Waals surface area contributed by atoms with E-state index in [1.165, 1.54) is 11.8 Å². The number of ether oxygens (including phenoxy) is 1. The lowest BCUT2D eigenvalue weighted by Gasteiger charge is -2.12. The highest BCUT2D eigenvalue weighted by molar-refractivity contribution is 7.99. The van der Waals surface area contributed by atoms with Crippen LogP contribution in [0.1, 0.15) is 24.7 Å². The van der Waals surface area contributed by atoms with Gasteiger partial charge in [0, 0.05) is 12.1 Å². The van der Waals surface area contributed by atoms with E-state index in [1.807, 2.05) is 84.3 Å². The number of carbonyl (C=O) groups excluding carboxylic acids is 1. The van der Waals surface area contributed by atoms with Gasteiger partial charge in [-0.1, -0.05) is 79.3 Å². The monoisotopic (exact) mass is 458 g/mol. The summed E-state index contributed by atoms with van der Waals surface area (Å²) in [4.78, 5) is 12.7. The molecule has 0 aliphatic carbocycles. The van der Waals surface area contributed by atoms with Gasteiger partial charge in [-0.2, -0.15) is 0 Å². The number of anilines is 1. The summed E-state index contributed by atoms with van der Waals surface area (Å²) < 4.78 is 7.76. The first-order valence-corrected chi connectivity index (χ1v) is 11.9. The molecule has 0 unspecified atom stereocenters. The number of para-hydroxylation sites is 3. The molecular formula is C26H26N4O2S. The van der Waals surface area contributed by atoms with Crippen molar-refractivity contribution < 1.29 is 9.53 Å². The quantitative estimate of drug-likeness (QED) is 0.323. The van der Waals surface area contributed by atoms with Gasteiger partial charge in [-0.25, -0.2) is 0 Å². The minimum absolute atomic E-state index is 0.125. The molecule has 7 heteroatoms. The summed E-state index contributed by atoms with van der Waals surface area (Å²) in [6.45, 7) is 2.65. The van der Waals surface area contributed by atoms with Gasteiger partial charge in [-0.15, -0.1) is 10.2 Å². The zero-order valence-electron chi connectivity index (χ0n) is 18.5. The molecule has 1 heterocycles. The number of aromatic nitrogens is 3. The second-order valence-corrected chi connectivity index (χ2v) is 8.36. The van der Waals surface area contributed by atoms with Crippen LogP contribution in [0.4, 0.5) is 5.69 Å². The first-order chi connectivity index (χ1) is 16.2. The van der Waals surface area contributed by atoms with Crippen molar-refractivity contribution in [2.75, 3.05) is 17.7 Å². The molecule has 0 fully saturated rings. The first-order valence-electron chi connectivity index (χ1n) is 10.9. The molecule has 0 spiro atoms. The predicted molar refractivity (Wildman–Crippen MR) is 132 cm³/mol. The number of hydrogen-bond acceptors (Lipinski definition) is 5. The molecule has 4 rings (SSSR count). The number of rotatable bonds is 10. The number of hydrogen-bond donors (Lipinski definition) is 1. The van der Waals surface area contributed by atoms with Gasteiger partial charge in [0.1, 0.15) is 11.6 Å². The summed E-state index contributed by atoms with van der Waals surface area (Å²) in [5.74, 6) is 1.59. The fourth-order valence-electron chi connectivity index (χ4n) is 3.35. The Kier molecular flexibility index (Phi) is 7.76. The van der Waals surface area contributed by atoms with E-state index in [2.05, 4.69) is 27.6 Å². The van der Waals surface area contributed by atoms with Gasteiger partial charge in [0.05, 0.1) is 18.0 Å². The van der Waals surface area contributed by atoms with Crippen molar-refractivity contribution in [3.8, 4) is 11.4 Å². The Hall–Kier alpha value is -3.58. The van der Waals surface area contributed by atoms with E-state index in [0.29, 0.717) is 29.6 Å². The second-order valence-electron chi connectivity index (χ2n) is 7.41. The Bertz CT molecular complexity index is 1180. The number of benzene rings is 3. The summed E-state index contributed by atoms with van der Waals surface area (Å²) in [6, 6.07) is 27.6. The average Bonchev–Trinajstić information content (AvgIpc) is 3.25. The molecule has 4 aromatic rings. The van der Waals surface area contributed by atoms with Crippen LogP contribution in [-0.2, 0) is 11.2 Å². The van der Waals surface area contributed by atoms with Gasteiger partial charge >= 0.3 is 0 Å². The van der Waals surface area contributed by atoms with Crippen LogP contribution in [0.15, 0.2) is 90.1 Å². The highest BCUT2D eigenvalue weighted by atomic mass is 32.2. The van der Waals surface area contributed by atoms with Crippen molar-refractivity contribution in [2.45, 2.75) is 24.9 Å². The normalized spacial score (nSPS) is 10.7. The van der Waals surface area contributed by atoms with Gasteiger partial charge in [-0.3, -0.25) is 9.36 Å². The molecule has 168 valence electrons. The average molecular weight is 459 g/mol. The fourth-order valence-corrected chi connectivity index (χ4v) is 4.12. The molecule has 0 atom stereocenters. The van der Waals surface area contributed by atoms with Gasteiger partial charge < -0.3 is 10.1 Å². The highest BCUT2D eigenvalue weighted by Crippen LogP contribution is 2.26. The largest absolute Gasteiger partial charge is 0.491 e. The maximum atomic E-state index is 12.7. The summed E-state index contributed by atoms with van der Waals surface area (Å²) in [5, 5.41) is 12.5. The van der Waals surface area contributed by atoms with Gasteiger partial charge in [-0.05, 0) is 36.2 Å². The number of thioether (sulfide) groups is 1. The van der Waals surface area contributed by atoms with Crippen molar-refractivity contribution in [3.63, 3.8) is 0 Å². The van der Waals surface area contributed by atoms with Crippen LogP contribution in [-0.4, -0.2) is 33.0 Å².